The molecule has 1 aromatic carbocycles. The quantitative estimate of drug-likeness (QED) is 0.880. The number of nitrogens with zero attached hydrogens (tertiary/aromatic N) is 2. The lowest BCUT2D eigenvalue weighted by Gasteiger charge is -2.14. The average Bonchev–Trinajstić information content (AvgIpc) is 2.40. The molecule has 0 aliphatic carbocycles. The van der Waals surface area contributed by atoms with Crippen LogP contribution in [0.1, 0.15) is 6.92 Å². The Kier molecular flexibility index (Phi) is 3.52. The first-order valence-electron chi connectivity index (χ1n) is 5.49. The van der Waals surface area contributed by atoms with Crippen molar-refractivity contribution in [1.82, 2.24) is 9.97 Å². The molecule has 18 heavy (non-hydrogen) atoms. The van der Waals surface area contributed by atoms with Crippen LogP contribution in [0.2, 0.25) is 0 Å². The third-order valence-corrected chi connectivity index (χ3v) is 2.46. The van der Waals surface area contributed by atoms with Crippen molar-refractivity contribution in [3.05, 3.63) is 43.0 Å². The number of primary amides is 1. The van der Waals surface area contributed by atoms with Gasteiger partial charge in [0.1, 0.15) is 12.1 Å². The molecule has 0 saturated carbocycles. The van der Waals surface area contributed by atoms with E-state index in [-0.39, 0.29) is 0 Å². The maximum absolute atomic E-state index is 11.0. The number of aromatic nitrogens is 2. The minimum absolute atomic E-state index is 0.505. The molecule has 0 aliphatic heterocycles. The van der Waals surface area contributed by atoms with E-state index in [4.69, 9.17) is 10.5 Å². The fraction of sp³-hybridized carbons (Fsp3) is 0.154. The van der Waals surface area contributed by atoms with Gasteiger partial charge in [-0.2, -0.15) is 0 Å². The zero-order valence-electron chi connectivity index (χ0n) is 9.91. The summed E-state index contributed by atoms with van der Waals surface area (Å²) in [6, 6.07) is 7.37. The van der Waals surface area contributed by atoms with Gasteiger partial charge >= 0.3 is 0 Å². The second-order valence-electron chi connectivity index (χ2n) is 3.79. The molecule has 2 rings (SSSR count). The summed E-state index contributed by atoms with van der Waals surface area (Å²) >= 11 is 0. The topological polar surface area (TPSA) is 78.1 Å². The number of nitrogens with two attached hydrogens (primary N) is 1. The Bertz CT molecular complexity index is 543. The molecule has 0 radical (unpaired) electrons. The standard InChI is InChI=1S/C13H13N3O2/c1-9(13(14)17)18-12-5-3-2-4-11(12)10-6-15-8-16-7-10/h2-9H,1H3,(H2,14,17)/t9-/m0/s1. The third-order valence-electron chi connectivity index (χ3n) is 2.46. The molecular formula is C13H13N3O2. The molecule has 0 fully saturated rings. The van der Waals surface area contributed by atoms with Gasteiger partial charge in [-0.15, -0.1) is 0 Å². The summed E-state index contributed by atoms with van der Waals surface area (Å²) in [6.07, 6.45) is 4.14. The fourth-order valence-electron chi connectivity index (χ4n) is 1.49. The van der Waals surface area contributed by atoms with Gasteiger partial charge in [-0.1, -0.05) is 18.2 Å². The average molecular weight is 243 g/mol. The number of hydrogen-bond donors (Lipinski definition) is 1. The number of carbonyl (C=O) groups is 1. The summed E-state index contributed by atoms with van der Waals surface area (Å²) < 4.78 is 5.53. The molecule has 1 aromatic heterocycles. The van der Waals surface area contributed by atoms with E-state index >= 15 is 0 Å². The Hall–Kier alpha value is -2.43. The van der Waals surface area contributed by atoms with Crippen LogP contribution >= 0.6 is 0 Å². The van der Waals surface area contributed by atoms with Crippen molar-refractivity contribution in [3.8, 4) is 16.9 Å². The highest BCUT2D eigenvalue weighted by molar-refractivity contribution is 5.79. The summed E-state index contributed by atoms with van der Waals surface area (Å²) in [5, 5.41) is 0. The van der Waals surface area contributed by atoms with Gasteiger partial charge in [0.15, 0.2) is 6.10 Å². The predicted molar refractivity (Wildman–Crippen MR) is 66.8 cm³/mol. The lowest BCUT2D eigenvalue weighted by molar-refractivity contribution is -0.123. The molecule has 2 aromatic rings. The number of benzene rings is 1. The normalized spacial score (nSPS) is 11.8. The van der Waals surface area contributed by atoms with Crippen LogP contribution < -0.4 is 10.5 Å². The van der Waals surface area contributed by atoms with Gasteiger partial charge < -0.3 is 10.5 Å². The highest BCUT2D eigenvalue weighted by Crippen LogP contribution is 2.29. The predicted octanol–water partition coefficient (Wildman–Crippen LogP) is 1.40. The summed E-state index contributed by atoms with van der Waals surface area (Å²) in [5.74, 6) is 0.0766. The van der Waals surface area contributed by atoms with Crippen LogP contribution in [0.5, 0.6) is 5.75 Å². The lowest BCUT2D eigenvalue weighted by Crippen LogP contribution is -2.30. The van der Waals surface area contributed by atoms with Crippen LogP contribution in [-0.4, -0.2) is 22.0 Å². The zero-order chi connectivity index (χ0) is 13.0. The van der Waals surface area contributed by atoms with Crippen molar-refractivity contribution in [2.75, 3.05) is 0 Å². The van der Waals surface area contributed by atoms with E-state index in [0.717, 1.165) is 11.1 Å². The lowest BCUT2D eigenvalue weighted by atomic mass is 10.1. The Morgan fingerprint density at radius 3 is 2.61 bits per heavy atom. The SMILES string of the molecule is C[C@H](Oc1ccccc1-c1cncnc1)C(N)=O. The van der Waals surface area contributed by atoms with Crippen molar-refractivity contribution in [1.29, 1.82) is 0 Å². The Morgan fingerprint density at radius 2 is 1.94 bits per heavy atom. The van der Waals surface area contributed by atoms with E-state index in [2.05, 4.69) is 9.97 Å². The largest absolute Gasteiger partial charge is 0.480 e. The van der Waals surface area contributed by atoms with Crippen molar-refractivity contribution in [2.24, 2.45) is 5.73 Å². The molecule has 1 atom stereocenters. The van der Waals surface area contributed by atoms with Gasteiger partial charge in [0, 0.05) is 23.5 Å². The molecule has 5 nitrogen and oxygen atoms in total. The summed E-state index contributed by atoms with van der Waals surface area (Å²) in [4.78, 5) is 18.9. The van der Waals surface area contributed by atoms with Crippen LogP contribution in [0.25, 0.3) is 11.1 Å². The van der Waals surface area contributed by atoms with Gasteiger partial charge in [-0.25, -0.2) is 9.97 Å². The molecule has 5 heteroatoms. The molecule has 0 spiro atoms. The number of carbonyl (C=O) groups excluding carboxylic acids is 1. The second kappa shape index (κ2) is 5.27. The van der Waals surface area contributed by atoms with Gasteiger partial charge in [0.2, 0.25) is 0 Å². The van der Waals surface area contributed by atoms with Crippen LogP contribution in [0.15, 0.2) is 43.0 Å². The number of para-hydroxylation sites is 1. The molecule has 0 bridgehead atoms. The molecule has 0 saturated heterocycles. The Morgan fingerprint density at radius 1 is 1.28 bits per heavy atom. The van der Waals surface area contributed by atoms with Gasteiger partial charge in [0.25, 0.3) is 5.91 Å². The highest BCUT2D eigenvalue weighted by Gasteiger charge is 2.13. The zero-order valence-corrected chi connectivity index (χ0v) is 9.91. The number of ether oxygens (including phenoxy) is 1. The van der Waals surface area contributed by atoms with Crippen molar-refractivity contribution >= 4 is 5.91 Å². The number of hydrogen-bond acceptors (Lipinski definition) is 4. The second-order valence-corrected chi connectivity index (χ2v) is 3.79. The number of rotatable bonds is 4. The molecule has 1 amide bonds. The third kappa shape index (κ3) is 2.63. The summed E-state index contributed by atoms with van der Waals surface area (Å²) in [7, 11) is 0. The Balaban J connectivity index is 2.35. The molecule has 0 aliphatic rings. The first-order valence-corrected chi connectivity index (χ1v) is 5.49. The van der Waals surface area contributed by atoms with Crippen LogP contribution in [0.4, 0.5) is 0 Å². The van der Waals surface area contributed by atoms with E-state index in [0.29, 0.717) is 5.75 Å². The maximum atomic E-state index is 11.0. The first kappa shape index (κ1) is 12.0. The van der Waals surface area contributed by atoms with E-state index in [1.807, 2.05) is 18.2 Å². The van der Waals surface area contributed by atoms with Crippen molar-refractivity contribution in [3.63, 3.8) is 0 Å². The van der Waals surface area contributed by atoms with Crippen LogP contribution in [-0.2, 0) is 4.79 Å². The van der Waals surface area contributed by atoms with Crippen molar-refractivity contribution < 1.29 is 9.53 Å². The minimum atomic E-state index is -0.684. The molecule has 92 valence electrons. The molecular weight excluding hydrogens is 230 g/mol. The van der Waals surface area contributed by atoms with Gasteiger partial charge in [0.05, 0.1) is 0 Å². The number of amides is 1. The fourth-order valence-corrected chi connectivity index (χ4v) is 1.49. The van der Waals surface area contributed by atoms with Crippen molar-refractivity contribution in [2.45, 2.75) is 13.0 Å². The minimum Gasteiger partial charge on any atom is -0.480 e. The van der Waals surface area contributed by atoms with Crippen LogP contribution in [0.3, 0.4) is 0 Å². The van der Waals surface area contributed by atoms with E-state index in [9.17, 15) is 4.79 Å². The van der Waals surface area contributed by atoms with E-state index in [1.54, 1.807) is 25.4 Å². The van der Waals surface area contributed by atoms with E-state index in [1.165, 1.54) is 6.33 Å². The summed E-state index contributed by atoms with van der Waals surface area (Å²) in [6.45, 7) is 1.61. The highest BCUT2D eigenvalue weighted by atomic mass is 16.5. The smallest absolute Gasteiger partial charge is 0.258 e. The maximum Gasteiger partial charge on any atom is 0.258 e. The van der Waals surface area contributed by atoms with Crippen LogP contribution in [0, 0.1) is 0 Å². The monoisotopic (exact) mass is 243 g/mol. The van der Waals surface area contributed by atoms with Gasteiger partial charge in [-0.3, -0.25) is 4.79 Å². The Labute approximate surface area is 105 Å². The van der Waals surface area contributed by atoms with E-state index < -0.39 is 12.0 Å². The summed E-state index contributed by atoms with van der Waals surface area (Å²) in [5.41, 5.74) is 6.83. The molecule has 1 heterocycles. The molecule has 0 unspecified atom stereocenters. The molecule has 2 N–H and O–H groups in total. The van der Waals surface area contributed by atoms with Gasteiger partial charge in [-0.05, 0) is 13.0 Å². The first-order chi connectivity index (χ1) is 8.68.